The molecule has 5 heteroatoms. The van der Waals surface area contributed by atoms with E-state index in [-0.39, 0.29) is 18.9 Å². The average molecular weight is 334 g/mol. The Bertz CT molecular complexity index is 505. The predicted molar refractivity (Wildman–Crippen MR) is 95.8 cm³/mol. The third kappa shape index (κ3) is 8.11. The van der Waals surface area contributed by atoms with Gasteiger partial charge in [0.1, 0.15) is 6.04 Å². The van der Waals surface area contributed by atoms with Crippen LogP contribution in [-0.2, 0) is 16.0 Å². The molecule has 134 valence electrons. The van der Waals surface area contributed by atoms with Crippen molar-refractivity contribution in [2.24, 2.45) is 11.8 Å². The standard InChI is InChI=1S/C19H30N2O3/c1-14(2)11-21(12-15(3)4)13-18(22)20-17(19(23)24)10-16-8-6-5-7-9-16/h5-9,14-15,17H,10-13H2,1-4H3,(H,20,22)(H,23,24)/t17-/m0/s1. The van der Waals surface area contributed by atoms with Gasteiger partial charge in [-0.15, -0.1) is 0 Å². The zero-order chi connectivity index (χ0) is 18.1. The first-order valence-electron chi connectivity index (χ1n) is 8.56. The van der Waals surface area contributed by atoms with Gasteiger partial charge in [0.25, 0.3) is 0 Å². The Morgan fingerprint density at radius 2 is 1.58 bits per heavy atom. The van der Waals surface area contributed by atoms with E-state index < -0.39 is 12.0 Å². The highest BCUT2D eigenvalue weighted by Gasteiger charge is 2.22. The van der Waals surface area contributed by atoms with Crippen LogP contribution in [0.25, 0.3) is 0 Å². The molecule has 0 fully saturated rings. The van der Waals surface area contributed by atoms with Crippen molar-refractivity contribution in [3.05, 3.63) is 35.9 Å². The average Bonchev–Trinajstić information content (AvgIpc) is 2.45. The van der Waals surface area contributed by atoms with Gasteiger partial charge in [-0.25, -0.2) is 4.79 Å². The van der Waals surface area contributed by atoms with Gasteiger partial charge in [0.2, 0.25) is 5.91 Å². The third-order valence-corrected chi connectivity index (χ3v) is 3.53. The van der Waals surface area contributed by atoms with Gasteiger partial charge in [0.15, 0.2) is 0 Å². The van der Waals surface area contributed by atoms with Crippen molar-refractivity contribution in [2.45, 2.75) is 40.2 Å². The Hall–Kier alpha value is -1.88. The number of carboxylic acids is 1. The van der Waals surface area contributed by atoms with Crippen LogP contribution in [0.15, 0.2) is 30.3 Å². The van der Waals surface area contributed by atoms with Crippen LogP contribution >= 0.6 is 0 Å². The normalized spacial score (nSPS) is 12.6. The summed E-state index contributed by atoms with van der Waals surface area (Å²) in [5.41, 5.74) is 0.895. The summed E-state index contributed by atoms with van der Waals surface area (Å²) in [6, 6.07) is 8.44. The molecule has 2 N–H and O–H groups in total. The van der Waals surface area contributed by atoms with Crippen molar-refractivity contribution in [3.8, 4) is 0 Å². The summed E-state index contributed by atoms with van der Waals surface area (Å²) in [6.07, 6.45) is 0.288. The highest BCUT2D eigenvalue weighted by atomic mass is 16.4. The number of carboxylic acid groups (broad SMARTS) is 1. The summed E-state index contributed by atoms with van der Waals surface area (Å²) < 4.78 is 0. The molecule has 0 bridgehead atoms. The fourth-order valence-corrected chi connectivity index (χ4v) is 2.73. The molecule has 0 saturated heterocycles. The molecule has 5 nitrogen and oxygen atoms in total. The lowest BCUT2D eigenvalue weighted by Gasteiger charge is -2.26. The summed E-state index contributed by atoms with van der Waals surface area (Å²) in [5, 5.41) is 12.0. The van der Waals surface area contributed by atoms with Gasteiger partial charge in [-0.1, -0.05) is 58.0 Å². The van der Waals surface area contributed by atoms with Crippen LogP contribution in [-0.4, -0.2) is 47.6 Å². The zero-order valence-corrected chi connectivity index (χ0v) is 15.2. The molecule has 0 aliphatic rings. The fourth-order valence-electron chi connectivity index (χ4n) is 2.73. The van der Waals surface area contributed by atoms with Gasteiger partial charge in [-0.3, -0.25) is 9.69 Å². The van der Waals surface area contributed by atoms with Crippen LogP contribution in [0.4, 0.5) is 0 Å². The lowest BCUT2D eigenvalue weighted by Crippen LogP contribution is -2.47. The third-order valence-electron chi connectivity index (χ3n) is 3.53. The molecule has 24 heavy (non-hydrogen) atoms. The minimum atomic E-state index is -1.01. The van der Waals surface area contributed by atoms with Gasteiger partial charge >= 0.3 is 5.97 Å². The maximum absolute atomic E-state index is 12.3. The van der Waals surface area contributed by atoms with Crippen LogP contribution in [0.1, 0.15) is 33.3 Å². The Morgan fingerprint density at radius 1 is 1.04 bits per heavy atom. The van der Waals surface area contributed by atoms with Crippen molar-refractivity contribution in [1.82, 2.24) is 10.2 Å². The smallest absolute Gasteiger partial charge is 0.326 e. The molecule has 1 atom stereocenters. The predicted octanol–water partition coefficient (Wildman–Crippen LogP) is 2.41. The lowest BCUT2D eigenvalue weighted by atomic mass is 10.1. The van der Waals surface area contributed by atoms with Gasteiger partial charge in [0.05, 0.1) is 6.54 Å². The Labute approximate surface area is 145 Å². The molecule has 1 rings (SSSR count). The maximum Gasteiger partial charge on any atom is 0.326 e. The Morgan fingerprint density at radius 3 is 2.04 bits per heavy atom. The van der Waals surface area contributed by atoms with Crippen molar-refractivity contribution < 1.29 is 14.7 Å². The summed E-state index contributed by atoms with van der Waals surface area (Å²) >= 11 is 0. The molecular formula is C19H30N2O3. The fraction of sp³-hybridized carbons (Fsp3) is 0.579. The van der Waals surface area contributed by atoms with Crippen LogP contribution in [0.3, 0.4) is 0 Å². The summed E-state index contributed by atoms with van der Waals surface area (Å²) in [6.45, 7) is 10.3. The summed E-state index contributed by atoms with van der Waals surface area (Å²) in [4.78, 5) is 25.8. The monoisotopic (exact) mass is 334 g/mol. The van der Waals surface area contributed by atoms with Crippen molar-refractivity contribution in [3.63, 3.8) is 0 Å². The summed E-state index contributed by atoms with van der Waals surface area (Å²) in [7, 11) is 0. The number of nitrogens with zero attached hydrogens (tertiary/aromatic N) is 1. The number of aliphatic carboxylic acids is 1. The largest absolute Gasteiger partial charge is 0.480 e. The topological polar surface area (TPSA) is 69.6 Å². The molecule has 0 radical (unpaired) electrons. The number of nitrogens with one attached hydrogen (secondary N) is 1. The second-order valence-corrected chi connectivity index (χ2v) is 7.13. The highest BCUT2D eigenvalue weighted by Crippen LogP contribution is 2.06. The number of hydrogen-bond donors (Lipinski definition) is 2. The van der Waals surface area contributed by atoms with E-state index in [9.17, 15) is 14.7 Å². The van der Waals surface area contributed by atoms with E-state index in [0.29, 0.717) is 11.8 Å². The molecule has 0 aromatic heterocycles. The first-order chi connectivity index (χ1) is 11.3. The number of rotatable bonds is 10. The van der Waals surface area contributed by atoms with E-state index in [4.69, 9.17) is 0 Å². The molecule has 0 saturated carbocycles. The van der Waals surface area contributed by atoms with E-state index >= 15 is 0 Å². The number of hydrogen-bond acceptors (Lipinski definition) is 3. The number of carbonyl (C=O) groups is 2. The van der Waals surface area contributed by atoms with Crippen LogP contribution in [0.5, 0.6) is 0 Å². The van der Waals surface area contributed by atoms with E-state index in [1.807, 2.05) is 30.3 Å². The second kappa shape index (κ2) is 10.1. The van der Waals surface area contributed by atoms with Gasteiger partial charge < -0.3 is 10.4 Å². The van der Waals surface area contributed by atoms with Crippen LogP contribution in [0, 0.1) is 11.8 Å². The van der Waals surface area contributed by atoms with Crippen LogP contribution in [0.2, 0.25) is 0 Å². The van der Waals surface area contributed by atoms with Crippen molar-refractivity contribution in [2.75, 3.05) is 19.6 Å². The van der Waals surface area contributed by atoms with Crippen molar-refractivity contribution in [1.29, 1.82) is 0 Å². The quantitative estimate of drug-likeness (QED) is 0.689. The van der Waals surface area contributed by atoms with E-state index in [2.05, 4.69) is 37.9 Å². The second-order valence-electron chi connectivity index (χ2n) is 7.13. The minimum Gasteiger partial charge on any atom is -0.480 e. The van der Waals surface area contributed by atoms with Gasteiger partial charge in [0, 0.05) is 19.5 Å². The van der Waals surface area contributed by atoms with E-state index in [1.54, 1.807) is 0 Å². The minimum absolute atomic E-state index is 0.231. The molecular weight excluding hydrogens is 304 g/mol. The molecule has 1 aromatic carbocycles. The first kappa shape index (κ1) is 20.2. The SMILES string of the molecule is CC(C)CN(CC(=O)N[C@@H](Cc1ccccc1)C(=O)O)CC(C)C. The first-order valence-corrected chi connectivity index (χ1v) is 8.56. The van der Waals surface area contributed by atoms with Gasteiger partial charge in [-0.05, 0) is 17.4 Å². The van der Waals surface area contributed by atoms with Crippen LogP contribution < -0.4 is 5.32 Å². The number of benzene rings is 1. The Kier molecular flexibility index (Phi) is 8.47. The number of carbonyl (C=O) groups excluding carboxylic acids is 1. The van der Waals surface area contributed by atoms with E-state index in [0.717, 1.165) is 18.7 Å². The molecule has 0 unspecified atom stereocenters. The van der Waals surface area contributed by atoms with Gasteiger partial charge in [-0.2, -0.15) is 0 Å². The molecule has 0 aliphatic heterocycles. The number of amides is 1. The molecule has 0 spiro atoms. The van der Waals surface area contributed by atoms with Crippen molar-refractivity contribution >= 4 is 11.9 Å². The molecule has 1 amide bonds. The molecule has 0 heterocycles. The highest BCUT2D eigenvalue weighted by molar-refractivity contribution is 5.84. The zero-order valence-electron chi connectivity index (χ0n) is 15.2. The Balaban J connectivity index is 2.64. The maximum atomic E-state index is 12.3. The lowest BCUT2D eigenvalue weighted by molar-refractivity contribution is -0.142. The van der Waals surface area contributed by atoms with E-state index in [1.165, 1.54) is 0 Å². The summed E-state index contributed by atoms with van der Waals surface area (Å²) in [5.74, 6) is -0.335. The molecule has 0 aliphatic carbocycles. The molecule has 1 aromatic rings.